The second-order valence-corrected chi connectivity index (χ2v) is 9.94. The Kier molecular flexibility index (Phi) is 7.69. The summed E-state index contributed by atoms with van der Waals surface area (Å²) in [5.74, 6) is -1.21. The third kappa shape index (κ3) is 5.55. The maximum atomic E-state index is 13.1. The van der Waals surface area contributed by atoms with Crippen molar-refractivity contribution in [1.82, 2.24) is 4.31 Å². The number of hydrogen-bond acceptors (Lipinski definition) is 5. The van der Waals surface area contributed by atoms with E-state index >= 15 is 0 Å². The molecule has 0 saturated carbocycles. The number of esters is 1. The molecule has 1 N–H and O–H groups in total. The number of amides is 1. The summed E-state index contributed by atoms with van der Waals surface area (Å²) in [7, 11) is -3.69. The van der Waals surface area contributed by atoms with Crippen molar-refractivity contribution in [2.45, 2.75) is 57.5 Å². The zero-order chi connectivity index (χ0) is 23.3. The summed E-state index contributed by atoms with van der Waals surface area (Å²) in [6.45, 7) is 6.18. The first kappa shape index (κ1) is 23.9. The third-order valence-electron chi connectivity index (χ3n) is 5.64. The molecule has 1 fully saturated rings. The molecule has 1 unspecified atom stereocenters. The van der Waals surface area contributed by atoms with Crippen molar-refractivity contribution in [3.8, 4) is 0 Å². The number of rotatable bonds is 7. The summed E-state index contributed by atoms with van der Waals surface area (Å²) in [5.41, 5.74) is 2.42. The van der Waals surface area contributed by atoms with Crippen molar-refractivity contribution in [1.29, 1.82) is 0 Å². The first-order valence-electron chi connectivity index (χ1n) is 10.9. The molecular formula is C24H30N2O5S. The number of sulfonamides is 1. The van der Waals surface area contributed by atoms with E-state index in [1.165, 1.54) is 23.4 Å². The van der Waals surface area contributed by atoms with Crippen LogP contribution in [-0.4, -0.2) is 43.8 Å². The fraction of sp³-hybridized carbons (Fsp3) is 0.417. The molecule has 172 valence electrons. The van der Waals surface area contributed by atoms with Crippen LogP contribution in [0.1, 0.15) is 54.6 Å². The minimum absolute atomic E-state index is 0.0955. The Balaban J connectivity index is 1.70. The monoisotopic (exact) mass is 458 g/mol. The van der Waals surface area contributed by atoms with Crippen molar-refractivity contribution in [3.63, 3.8) is 0 Å². The predicted octanol–water partition coefficient (Wildman–Crippen LogP) is 3.92. The van der Waals surface area contributed by atoms with Crippen LogP contribution in [0, 0.1) is 6.92 Å². The van der Waals surface area contributed by atoms with Crippen molar-refractivity contribution in [3.05, 3.63) is 59.2 Å². The average molecular weight is 459 g/mol. The van der Waals surface area contributed by atoms with Gasteiger partial charge < -0.3 is 10.1 Å². The number of anilines is 1. The lowest BCUT2D eigenvalue weighted by atomic mass is 10.1. The molecule has 2 aromatic rings. The zero-order valence-electron chi connectivity index (χ0n) is 18.8. The van der Waals surface area contributed by atoms with Crippen LogP contribution in [0.5, 0.6) is 0 Å². The Morgan fingerprint density at radius 1 is 1.06 bits per heavy atom. The first-order chi connectivity index (χ1) is 15.2. The molecule has 2 aromatic carbocycles. The lowest BCUT2D eigenvalue weighted by Gasteiger charge is -2.26. The molecule has 32 heavy (non-hydrogen) atoms. The summed E-state index contributed by atoms with van der Waals surface area (Å²) in [4.78, 5) is 25.2. The molecule has 1 amide bonds. The first-order valence-corrected chi connectivity index (χ1v) is 12.4. The van der Waals surface area contributed by atoms with Gasteiger partial charge in [-0.25, -0.2) is 13.2 Å². The van der Waals surface area contributed by atoms with Crippen LogP contribution in [0.4, 0.5) is 5.69 Å². The van der Waals surface area contributed by atoms with E-state index in [2.05, 4.69) is 5.32 Å². The van der Waals surface area contributed by atoms with Crippen molar-refractivity contribution in [2.24, 2.45) is 0 Å². The second-order valence-electron chi connectivity index (χ2n) is 8.03. The highest BCUT2D eigenvalue weighted by Gasteiger charge is 2.29. The largest absolute Gasteiger partial charge is 0.449 e. The number of hydrogen-bond donors (Lipinski definition) is 1. The topological polar surface area (TPSA) is 92.8 Å². The number of benzene rings is 2. The van der Waals surface area contributed by atoms with Crippen LogP contribution < -0.4 is 5.32 Å². The van der Waals surface area contributed by atoms with Gasteiger partial charge in [0, 0.05) is 18.8 Å². The highest BCUT2D eigenvalue weighted by molar-refractivity contribution is 7.89. The highest BCUT2D eigenvalue weighted by atomic mass is 32.2. The van der Waals surface area contributed by atoms with E-state index in [4.69, 9.17) is 4.74 Å². The van der Waals surface area contributed by atoms with Gasteiger partial charge in [0.15, 0.2) is 6.10 Å². The van der Waals surface area contributed by atoms with Gasteiger partial charge in [0.1, 0.15) is 0 Å². The molecule has 0 radical (unpaired) electrons. The van der Waals surface area contributed by atoms with Crippen LogP contribution in [-0.2, 0) is 26.0 Å². The van der Waals surface area contributed by atoms with Crippen LogP contribution in [0.2, 0.25) is 0 Å². The van der Waals surface area contributed by atoms with Gasteiger partial charge in [0.05, 0.1) is 10.5 Å². The number of aryl methyl sites for hydroxylation is 2. The van der Waals surface area contributed by atoms with Gasteiger partial charge in [0.2, 0.25) is 10.0 Å². The minimum atomic E-state index is -3.69. The molecule has 8 heteroatoms. The molecule has 1 atom stereocenters. The number of nitrogens with one attached hydrogen (secondary N) is 1. The highest BCUT2D eigenvalue weighted by Crippen LogP contribution is 2.25. The normalized spacial score (nSPS) is 15.7. The van der Waals surface area contributed by atoms with Crippen LogP contribution in [0.15, 0.2) is 47.4 Å². The van der Waals surface area contributed by atoms with E-state index in [0.29, 0.717) is 24.3 Å². The molecule has 1 aliphatic rings. The van der Waals surface area contributed by atoms with Gasteiger partial charge in [-0.1, -0.05) is 31.5 Å². The Hall–Kier alpha value is -2.71. The SMILES string of the molecule is CCc1ccc(NC(=O)C(C)OC(=O)c2ccc(C)c(S(=O)(=O)N3CCCCC3)c2)cc1. The lowest BCUT2D eigenvalue weighted by Crippen LogP contribution is -2.36. The van der Waals surface area contributed by atoms with Gasteiger partial charge >= 0.3 is 5.97 Å². The standard InChI is InChI=1S/C24H30N2O5S/c1-4-19-9-12-21(13-10-19)25-23(27)18(3)31-24(28)20-11-8-17(2)22(16-20)32(29,30)26-14-6-5-7-15-26/h8-13,16,18H,4-7,14-15H2,1-3H3,(H,25,27). The third-order valence-corrected chi connectivity index (χ3v) is 7.68. The fourth-order valence-corrected chi connectivity index (χ4v) is 5.37. The maximum absolute atomic E-state index is 13.1. The summed E-state index contributed by atoms with van der Waals surface area (Å²) >= 11 is 0. The summed E-state index contributed by atoms with van der Waals surface area (Å²) < 4.78 is 32.9. The Morgan fingerprint density at radius 3 is 2.34 bits per heavy atom. The minimum Gasteiger partial charge on any atom is -0.449 e. The lowest BCUT2D eigenvalue weighted by molar-refractivity contribution is -0.123. The number of carbonyl (C=O) groups excluding carboxylic acids is 2. The molecule has 0 aliphatic carbocycles. The molecule has 1 heterocycles. The molecule has 7 nitrogen and oxygen atoms in total. The molecular weight excluding hydrogens is 428 g/mol. The molecule has 3 rings (SSSR count). The Morgan fingerprint density at radius 2 is 1.72 bits per heavy atom. The summed E-state index contributed by atoms with van der Waals surface area (Å²) in [5, 5.41) is 2.72. The molecule has 1 aliphatic heterocycles. The summed E-state index contributed by atoms with van der Waals surface area (Å²) in [6.07, 6.45) is 2.52. The van der Waals surface area contributed by atoms with Gasteiger partial charge in [-0.3, -0.25) is 4.79 Å². The van der Waals surface area contributed by atoms with Gasteiger partial charge in [-0.2, -0.15) is 4.31 Å². The summed E-state index contributed by atoms with van der Waals surface area (Å²) in [6, 6.07) is 11.9. The van der Waals surface area contributed by atoms with Gasteiger partial charge in [-0.05, 0) is 68.5 Å². The van der Waals surface area contributed by atoms with Crippen LogP contribution >= 0.6 is 0 Å². The van der Waals surface area contributed by atoms with E-state index in [1.54, 1.807) is 25.1 Å². The quantitative estimate of drug-likeness (QED) is 0.635. The molecule has 0 spiro atoms. The van der Waals surface area contributed by atoms with E-state index in [9.17, 15) is 18.0 Å². The Labute approximate surface area is 189 Å². The van der Waals surface area contributed by atoms with E-state index in [-0.39, 0.29) is 10.5 Å². The zero-order valence-corrected chi connectivity index (χ0v) is 19.6. The predicted molar refractivity (Wildman–Crippen MR) is 123 cm³/mol. The number of piperidine rings is 1. The molecule has 0 aromatic heterocycles. The van der Waals surface area contributed by atoms with E-state index in [1.807, 2.05) is 19.1 Å². The van der Waals surface area contributed by atoms with Crippen molar-refractivity contribution >= 4 is 27.6 Å². The van der Waals surface area contributed by atoms with E-state index < -0.39 is 28.0 Å². The van der Waals surface area contributed by atoms with E-state index in [0.717, 1.165) is 31.2 Å². The van der Waals surface area contributed by atoms with Crippen molar-refractivity contribution in [2.75, 3.05) is 18.4 Å². The number of nitrogens with zero attached hydrogens (tertiary/aromatic N) is 1. The average Bonchev–Trinajstić information content (AvgIpc) is 2.80. The smallest absolute Gasteiger partial charge is 0.338 e. The maximum Gasteiger partial charge on any atom is 0.338 e. The van der Waals surface area contributed by atoms with Crippen molar-refractivity contribution < 1.29 is 22.7 Å². The fourth-order valence-electron chi connectivity index (χ4n) is 3.60. The molecule has 0 bridgehead atoms. The van der Waals surface area contributed by atoms with Crippen LogP contribution in [0.3, 0.4) is 0 Å². The number of carbonyl (C=O) groups is 2. The second kappa shape index (κ2) is 10.3. The van der Waals surface area contributed by atoms with Gasteiger partial charge in [0.25, 0.3) is 5.91 Å². The van der Waals surface area contributed by atoms with Crippen LogP contribution in [0.25, 0.3) is 0 Å². The van der Waals surface area contributed by atoms with Gasteiger partial charge in [-0.15, -0.1) is 0 Å². The Bertz CT molecular complexity index is 1070. The molecule has 1 saturated heterocycles. The number of ether oxygens (including phenoxy) is 1.